The zero-order valence-electron chi connectivity index (χ0n) is 14.6. The Morgan fingerprint density at radius 1 is 1.36 bits per heavy atom. The molecule has 0 unspecified atom stereocenters. The molecule has 1 aliphatic rings. The van der Waals surface area contributed by atoms with E-state index >= 15 is 0 Å². The van der Waals surface area contributed by atoms with Crippen molar-refractivity contribution in [3.8, 4) is 0 Å². The van der Waals surface area contributed by atoms with Gasteiger partial charge in [0.2, 0.25) is 5.91 Å². The first-order chi connectivity index (χ1) is 12.0. The maximum Gasteiger partial charge on any atom is 0.243 e. The Kier molecular flexibility index (Phi) is 5.45. The van der Waals surface area contributed by atoms with Crippen molar-refractivity contribution in [2.45, 2.75) is 26.3 Å². The summed E-state index contributed by atoms with van der Waals surface area (Å²) in [6.07, 6.45) is 3.63. The molecule has 2 atom stereocenters. The van der Waals surface area contributed by atoms with Crippen molar-refractivity contribution in [3.05, 3.63) is 47.1 Å². The summed E-state index contributed by atoms with van der Waals surface area (Å²) in [5.41, 5.74) is 8.50. The summed E-state index contributed by atoms with van der Waals surface area (Å²) in [7, 11) is 0. The predicted octanol–water partition coefficient (Wildman–Crippen LogP) is 1.40. The number of nitrogens with two attached hydrogens (primary N) is 1. The SMILES string of the molecule is Cc1noc(C)c1CN1C[C@@H](COCC(N)=O)[C@H](c2ccncc2)C1. The van der Waals surface area contributed by atoms with E-state index in [9.17, 15) is 4.79 Å². The quantitative estimate of drug-likeness (QED) is 0.816. The van der Waals surface area contributed by atoms with E-state index in [2.05, 4.69) is 15.0 Å². The van der Waals surface area contributed by atoms with E-state index in [0.29, 0.717) is 18.4 Å². The van der Waals surface area contributed by atoms with Gasteiger partial charge in [-0.25, -0.2) is 0 Å². The molecule has 25 heavy (non-hydrogen) atoms. The van der Waals surface area contributed by atoms with Crippen molar-refractivity contribution in [1.29, 1.82) is 0 Å². The first-order valence-corrected chi connectivity index (χ1v) is 8.44. The molecular weight excluding hydrogens is 320 g/mol. The number of primary amides is 1. The van der Waals surface area contributed by atoms with Gasteiger partial charge in [-0.15, -0.1) is 0 Å². The third-order valence-electron chi connectivity index (χ3n) is 4.79. The molecule has 0 radical (unpaired) electrons. The molecule has 134 valence electrons. The van der Waals surface area contributed by atoms with Crippen LogP contribution in [0.15, 0.2) is 29.0 Å². The number of likely N-dealkylation sites (tertiary alicyclic amines) is 1. The van der Waals surface area contributed by atoms with Crippen LogP contribution >= 0.6 is 0 Å². The van der Waals surface area contributed by atoms with Gasteiger partial charge in [0, 0.05) is 49.4 Å². The lowest BCUT2D eigenvalue weighted by atomic mass is 9.90. The molecule has 1 fully saturated rings. The summed E-state index contributed by atoms with van der Waals surface area (Å²) < 4.78 is 10.8. The van der Waals surface area contributed by atoms with E-state index < -0.39 is 5.91 Å². The Labute approximate surface area is 147 Å². The number of hydrogen-bond donors (Lipinski definition) is 1. The summed E-state index contributed by atoms with van der Waals surface area (Å²) in [6.45, 7) is 6.98. The molecule has 0 saturated carbocycles. The Morgan fingerprint density at radius 2 is 2.12 bits per heavy atom. The maximum atomic E-state index is 10.9. The third-order valence-corrected chi connectivity index (χ3v) is 4.79. The molecule has 1 amide bonds. The fourth-order valence-electron chi connectivity index (χ4n) is 3.51. The number of pyridine rings is 1. The second kappa shape index (κ2) is 7.76. The predicted molar refractivity (Wildman–Crippen MR) is 91.7 cm³/mol. The van der Waals surface area contributed by atoms with E-state index in [4.69, 9.17) is 15.0 Å². The van der Waals surface area contributed by atoms with Crippen LogP contribution in [0.4, 0.5) is 0 Å². The highest BCUT2D eigenvalue weighted by molar-refractivity contribution is 5.74. The van der Waals surface area contributed by atoms with Crippen molar-refractivity contribution in [2.75, 3.05) is 26.3 Å². The first-order valence-electron chi connectivity index (χ1n) is 8.44. The highest BCUT2D eigenvalue weighted by Crippen LogP contribution is 2.34. The van der Waals surface area contributed by atoms with Crippen LogP contribution in [0.3, 0.4) is 0 Å². The monoisotopic (exact) mass is 344 g/mol. The Balaban J connectivity index is 1.71. The van der Waals surface area contributed by atoms with Gasteiger partial charge in [0.1, 0.15) is 12.4 Å². The van der Waals surface area contributed by atoms with Gasteiger partial charge in [-0.2, -0.15) is 0 Å². The van der Waals surface area contributed by atoms with Crippen LogP contribution in [-0.4, -0.2) is 47.3 Å². The number of ether oxygens (including phenoxy) is 1. The largest absolute Gasteiger partial charge is 0.371 e. The maximum absolute atomic E-state index is 10.9. The lowest BCUT2D eigenvalue weighted by Gasteiger charge is -2.18. The molecular formula is C18H24N4O3. The highest BCUT2D eigenvalue weighted by atomic mass is 16.5. The highest BCUT2D eigenvalue weighted by Gasteiger charge is 2.34. The summed E-state index contributed by atoms with van der Waals surface area (Å²) in [5.74, 6) is 1.05. The minimum atomic E-state index is -0.439. The standard InChI is InChI=1S/C18H24N4O3/c1-12-16(13(2)25-21-12)8-22-7-15(10-24-11-18(19)23)17(9-22)14-3-5-20-6-4-14/h3-6,15,17H,7-11H2,1-2H3,(H2,19,23)/t15-,17-/m0/s1. The van der Waals surface area contributed by atoms with Crippen LogP contribution in [0.25, 0.3) is 0 Å². The van der Waals surface area contributed by atoms with Crippen LogP contribution in [0, 0.1) is 19.8 Å². The van der Waals surface area contributed by atoms with Crippen molar-refractivity contribution in [1.82, 2.24) is 15.0 Å². The normalized spacial score (nSPS) is 20.9. The molecule has 0 aliphatic carbocycles. The smallest absolute Gasteiger partial charge is 0.243 e. The molecule has 2 aromatic rings. The van der Waals surface area contributed by atoms with E-state index in [0.717, 1.165) is 36.7 Å². The van der Waals surface area contributed by atoms with Crippen molar-refractivity contribution < 1.29 is 14.1 Å². The second-order valence-corrected chi connectivity index (χ2v) is 6.63. The fourth-order valence-corrected chi connectivity index (χ4v) is 3.51. The Hall–Kier alpha value is -2.25. The van der Waals surface area contributed by atoms with Crippen LogP contribution in [0.5, 0.6) is 0 Å². The average Bonchev–Trinajstić information content (AvgIpc) is 3.14. The number of amides is 1. The van der Waals surface area contributed by atoms with Gasteiger partial charge in [0.25, 0.3) is 0 Å². The fraction of sp³-hybridized carbons (Fsp3) is 0.500. The van der Waals surface area contributed by atoms with Gasteiger partial charge in [-0.3, -0.25) is 14.7 Å². The molecule has 7 heteroatoms. The van der Waals surface area contributed by atoms with E-state index in [1.807, 2.05) is 38.4 Å². The van der Waals surface area contributed by atoms with Gasteiger partial charge in [-0.1, -0.05) is 5.16 Å². The molecule has 1 aliphatic heterocycles. The summed E-state index contributed by atoms with van der Waals surface area (Å²) in [5, 5.41) is 4.04. The Morgan fingerprint density at radius 3 is 2.76 bits per heavy atom. The number of carbonyl (C=O) groups excluding carboxylic acids is 1. The number of aryl methyl sites for hydroxylation is 2. The zero-order chi connectivity index (χ0) is 17.8. The van der Waals surface area contributed by atoms with Crippen molar-refractivity contribution >= 4 is 5.91 Å². The van der Waals surface area contributed by atoms with Gasteiger partial charge >= 0.3 is 0 Å². The summed E-state index contributed by atoms with van der Waals surface area (Å²) in [4.78, 5) is 17.4. The number of rotatable bonds is 7. The molecule has 3 heterocycles. The topological polar surface area (TPSA) is 94.5 Å². The van der Waals surface area contributed by atoms with E-state index in [-0.39, 0.29) is 6.61 Å². The van der Waals surface area contributed by atoms with Gasteiger partial charge < -0.3 is 15.0 Å². The zero-order valence-corrected chi connectivity index (χ0v) is 14.6. The number of nitrogens with zero attached hydrogens (tertiary/aromatic N) is 3. The van der Waals surface area contributed by atoms with Crippen LogP contribution in [0.2, 0.25) is 0 Å². The van der Waals surface area contributed by atoms with Gasteiger partial charge in [0.05, 0.1) is 12.3 Å². The lowest BCUT2D eigenvalue weighted by Crippen LogP contribution is -2.24. The van der Waals surface area contributed by atoms with Crippen LogP contribution in [0.1, 0.15) is 28.5 Å². The number of hydrogen-bond acceptors (Lipinski definition) is 6. The molecule has 3 rings (SSSR count). The number of aromatic nitrogens is 2. The lowest BCUT2D eigenvalue weighted by molar-refractivity contribution is -0.122. The minimum Gasteiger partial charge on any atom is -0.371 e. The molecule has 1 saturated heterocycles. The van der Waals surface area contributed by atoms with Crippen LogP contribution in [-0.2, 0) is 16.1 Å². The molecule has 2 N–H and O–H groups in total. The third kappa shape index (κ3) is 4.24. The molecule has 0 spiro atoms. The van der Waals surface area contributed by atoms with Crippen molar-refractivity contribution in [2.24, 2.45) is 11.7 Å². The summed E-state index contributed by atoms with van der Waals surface area (Å²) in [6, 6.07) is 4.09. The second-order valence-electron chi connectivity index (χ2n) is 6.63. The Bertz CT molecular complexity index is 697. The minimum absolute atomic E-state index is 0.0383. The van der Waals surface area contributed by atoms with Gasteiger partial charge in [0.15, 0.2) is 0 Å². The molecule has 0 bridgehead atoms. The molecule has 7 nitrogen and oxygen atoms in total. The van der Waals surface area contributed by atoms with Crippen molar-refractivity contribution in [3.63, 3.8) is 0 Å². The molecule has 2 aromatic heterocycles. The van der Waals surface area contributed by atoms with Gasteiger partial charge in [-0.05, 0) is 31.5 Å². The first kappa shape index (κ1) is 17.6. The van der Waals surface area contributed by atoms with Crippen LogP contribution < -0.4 is 5.73 Å². The van der Waals surface area contributed by atoms with E-state index in [1.54, 1.807) is 0 Å². The average molecular weight is 344 g/mol. The number of carbonyl (C=O) groups is 1. The van der Waals surface area contributed by atoms with E-state index in [1.165, 1.54) is 5.56 Å². The summed E-state index contributed by atoms with van der Waals surface area (Å²) >= 11 is 0. The molecule has 0 aromatic carbocycles.